The molecule has 1 atom stereocenters. The van der Waals surface area contributed by atoms with Gasteiger partial charge in [0, 0.05) is 23.7 Å². The molecule has 3 heteroatoms. The lowest BCUT2D eigenvalue weighted by atomic mass is 10.3. The molecule has 0 radical (unpaired) electrons. The van der Waals surface area contributed by atoms with Crippen LogP contribution in [0.5, 0.6) is 0 Å². The number of thioether (sulfide) groups is 1. The van der Waals surface area contributed by atoms with E-state index < -0.39 is 0 Å². The molecule has 0 saturated carbocycles. The Hall–Kier alpha value is -0.540. The normalized spacial score (nSPS) is 12.7. The number of nitrogens with zero attached hydrogens (tertiary/aromatic N) is 1. The van der Waals surface area contributed by atoms with Gasteiger partial charge in [0.2, 0.25) is 0 Å². The molecule has 1 N–H and O–H groups in total. The summed E-state index contributed by atoms with van der Waals surface area (Å²) in [6.45, 7) is 2.44. The van der Waals surface area contributed by atoms with Crippen LogP contribution in [-0.2, 0) is 6.42 Å². The summed E-state index contributed by atoms with van der Waals surface area (Å²) in [7, 11) is 0. The molecule has 0 saturated heterocycles. The van der Waals surface area contributed by atoms with Crippen LogP contribution >= 0.6 is 11.8 Å². The van der Waals surface area contributed by atoms with Crippen molar-refractivity contribution in [3.8, 4) is 0 Å². The Bertz CT molecular complexity index is 240. The lowest BCUT2D eigenvalue weighted by Gasteiger charge is -2.08. The third-order valence-electron chi connectivity index (χ3n) is 2.02. The molecule has 1 rings (SSSR count). The Morgan fingerprint density at radius 1 is 1.50 bits per heavy atom. The maximum atomic E-state index is 8.73. The monoisotopic (exact) mass is 211 g/mol. The fourth-order valence-corrected chi connectivity index (χ4v) is 2.18. The molecule has 14 heavy (non-hydrogen) atoms. The van der Waals surface area contributed by atoms with Crippen LogP contribution in [0.15, 0.2) is 24.4 Å². The van der Waals surface area contributed by atoms with Gasteiger partial charge in [0.25, 0.3) is 0 Å². The zero-order valence-corrected chi connectivity index (χ0v) is 9.33. The molecule has 1 aromatic heterocycles. The van der Waals surface area contributed by atoms with Crippen molar-refractivity contribution >= 4 is 11.8 Å². The Balaban J connectivity index is 2.16. The second kappa shape index (κ2) is 6.85. The smallest absolute Gasteiger partial charge is 0.0441 e. The van der Waals surface area contributed by atoms with Crippen molar-refractivity contribution in [2.24, 2.45) is 0 Å². The average molecular weight is 211 g/mol. The minimum atomic E-state index is 0.289. The van der Waals surface area contributed by atoms with Crippen LogP contribution in [0.2, 0.25) is 0 Å². The van der Waals surface area contributed by atoms with Crippen LogP contribution < -0.4 is 0 Å². The minimum absolute atomic E-state index is 0.289. The van der Waals surface area contributed by atoms with E-state index in [9.17, 15) is 0 Å². The second-order valence-corrected chi connectivity index (χ2v) is 4.81. The van der Waals surface area contributed by atoms with E-state index in [1.165, 1.54) is 0 Å². The molecule has 0 bridgehead atoms. The summed E-state index contributed by atoms with van der Waals surface area (Å²) >= 11 is 1.90. The van der Waals surface area contributed by atoms with E-state index >= 15 is 0 Å². The first-order valence-corrected chi connectivity index (χ1v) is 6.00. The summed E-state index contributed by atoms with van der Waals surface area (Å²) in [5, 5.41) is 9.27. The van der Waals surface area contributed by atoms with Crippen molar-refractivity contribution in [1.29, 1.82) is 0 Å². The molecule has 78 valence electrons. The molecular formula is C11H17NOS. The fraction of sp³-hybridized carbons (Fsp3) is 0.545. The van der Waals surface area contributed by atoms with Crippen molar-refractivity contribution in [1.82, 2.24) is 4.98 Å². The largest absolute Gasteiger partial charge is 0.396 e. The number of pyridine rings is 1. The maximum absolute atomic E-state index is 8.73. The van der Waals surface area contributed by atoms with Crippen LogP contribution in [0.25, 0.3) is 0 Å². The Morgan fingerprint density at radius 2 is 2.36 bits per heavy atom. The van der Waals surface area contributed by atoms with Gasteiger partial charge < -0.3 is 5.11 Å². The molecule has 0 aliphatic rings. The first-order valence-electron chi connectivity index (χ1n) is 4.95. The predicted octanol–water partition coefficient (Wildman–Crippen LogP) is 2.13. The summed E-state index contributed by atoms with van der Waals surface area (Å²) < 4.78 is 0. The van der Waals surface area contributed by atoms with E-state index in [0.29, 0.717) is 5.25 Å². The maximum Gasteiger partial charge on any atom is 0.0441 e. The average Bonchev–Trinajstić information content (AvgIpc) is 2.20. The molecule has 0 fully saturated rings. The molecule has 0 aliphatic heterocycles. The van der Waals surface area contributed by atoms with Crippen LogP contribution in [-0.4, -0.2) is 27.7 Å². The first kappa shape index (κ1) is 11.5. The number of aromatic nitrogens is 1. The van der Waals surface area contributed by atoms with Gasteiger partial charge in [-0.2, -0.15) is 11.8 Å². The fourth-order valence-electron chi connectivity index (χ4n) is 1.18. The topological polar surface area (TPSA) is 33.1 Å². The van der Waals surface area contributed by atoms with E-state index in [-0.39, 0.29) is 6.61 Å². The summed E-state index contributed by atoms with van der Waals surface area (Å²) in [5.74, 6) is 1.08. The van der Waals surface area contributed by atoms with Gasteiger partial charge in [0.05, 0.1) is 0 Å². The molecule has 0 spiro atoms. The zero-order chi connectivity index (χ0) is 10.2. The SMILES string of the molecule is CC(CCO)SCCc1ccccn1. The first-order chi connectivity index (χ1) is 6.83. The van der Waals surface area contributed by atoms with Crippen LogP contribution in [0.3, 0.4) is 0 Å². The number of aliphatic hydroxyl groups excluding tert-OH is 1. The molecular weight excluding hydrogens is 194 g/mol. The van der Waals surface area contributed by atoms with Crippen LogP contribution in [0, 0.1) is 0 Å². The number of aryl methyl sites for hydroxylation is 1. The van der Waals surface area contributed by atoms with Gasteiger partial charge in [-0.25, -0.2) is 0 Å². The highest BCUT2D eigenvalue weighted by atomic mass is 32.2. The van der Waals surface area contributed by atoms with E-state index in [1.807, 2.05) is 30.1 Å². The van der Waals surface area contributed by atoms with Gasteiger partial charge in [-0.05, 0) is 30.7 Å². The molecule has 0 aromatic carbocycles. The van der Waals surface area contributed by atoms with Crippen molar-refractivity contribution in [3.05, 3.63) is 30.1 Å². The van der Waals surface area contributed by atoms with Crippen molar-refractivity contribution < 1.29 is 5.11 Å². The number of aliphatic hydroxyl groups is 1. The standard InChI is InChI=1S/C11H17NOS/c1-10(5-8-13)14-9-6-11-4-2-3-7-12-11/h2-4,7,10,13H,5-6,8-9H2,1H3. The zero-order valence-electron chi connectivity index (χ0n) is 8.52. The highest BCUT2D eigenvalue weighted by Crippen LogP contribution is 2.14. The van der Waals surface area contributed by atoms with Gasteiger partial charge >= 0.3 is 0 Å². The van der Waals surface area contributed by atoms with E-state index in [0.717, 1.165) is 24.3 Å². The van der Waals surface area contributed by atoms with Gasteiger partial charge in [-0.3, -0.25) is 4.98 Å². The van der Waals surface area contributed by atoms with Crippen molar-refractivity contribution in [3.63, 3.8) is 0 Å². The van der Waals surface area contributed by atoms with E-state index in [2.05, 4.69) is 18.0 Å². The molecule has 1 heterocycles. The Labute approximate surface area is 89.8 Å². The number of rotatable bonds is 6. The van der Waals surface area contributed by atoms with Crippen LogP contribution in [0.4, 0.5) is 0 Å². The van der Waals surface area contributed by atoms with Gasteiger partial charge in [0.15, 0.2) is 0 Å². The summed E-state index contributed by atoms with van der Waals surface area (Å²) in [6, 6.07) is 6.01. The lowest BCUT2D eigenvalue weighted by Crippen LogP contribution is -2.02. The third-order valence-corrected chi connectivity index (χ3v) is 3.27. The third kappa shape index (κ3) is 4.63. The van der Waals surface area contributed by atoms with Crippen molar-refractivity contribution in [2.75, 3.05) is 12.4 Å². The quantitative estimate of drug-likeness (QED) is 0.782. The van der Waals surface area contributed by atoms with Gasteiger partial charge in [0.1, 0.15) is 0 Å². The van der Waals surface area contributed by atoms with Crippen LogP contribution in [0.1, 0.15) is 19.0 Å². The number of hydrogen-bond donors (Lipinski definition) is 1. The molecule has 1 aromatic rings. The van der Waals surface area contributed by atoms with Crippen molar-refractivity contribution in [2.45, 2.75) is 25.0 Å². The molecule has 0 amide bonds. The minimum Gasteiger partial charge on any atom is -0.396 e. The molecule has 2 nitrogen and oxygen atoms in total. The highest BCUT2D eigenvalue weighted by molar-refractivity contribution is 7.99. The van der Waals surface area contributed by atoms with Gasteiger partial charge in [-0.15, -0.1) is 0 Å². The Morgan fingerprint density at radius 3 is 3.00 bits per heavy atom. The Kier molecular flexibility index (Phi) is 5.64. The van der Waals surface area contributed by atoms with Gasteiger partial charge in [-0.1, -0.05) is 13.0 Å². The van der Waals surface area contributed by atoms with E-state index in [1.54, 1.807) is 0 Å². The summed E-state index contributed by atoms with van der Waals surface area (Å²) in [6.07, 6.45) is 3.73. The molecule has 0 aliphatic carbocycles. The summed E-state index contributed by atoms with van der Waals surface area (Å²) in [4.78, 5) is 4.26. The van der Waals surface area contributed by atoms with E-state index in [4.69, 9.17) is 5.11 Å². The summed E-state index contributed by atoms with van der Waals surface area (Å²) in [5.41, 5.74) is 1.15. The number of hydrogen-bond acceptors (Lipinski definition) is 3. The predicted molar refractivity (Wildman–Crippen MR) is 61.6 cm³/mol. The highest BCUT2D eigenvalue weighted by Gasteiger charge is 2.01. The molecule has 1 unspecified atom stereocenters. The lowest BCUT2D eigenvalue weighted by molar-refractivity contribution is 0.289. The second-order valence-electron chi connectivity index (χ2n) is 3.26.